The average Bonchev–Trinajstić information content (AvgIpc) is 2.49. The Bertz CT molecular complexity index is 476. The molecule has 0 bridgehead atoms. The molecule has 0 aliphatic carbocycles. The van der Waals surface area contributed by atoms with Gasteiger partial charge in [-0.05, 0) is 20.8 Å². The van der Waals surface area contributed by atoms with E-state index in [0.717, 1.165) is 0 Å². The van der Waals surface area contributed by atoms with E-state index in [2.05, 4.69) is 10.6 Å². The van der Waals surface area contributed by atoms with E-state index in [1.54, 1.807) is 11.8 Å². The summed E-state index contributed by atoms with van der Waals surface area (Å²) in [6.45, 7) is 7.46. The fourth-order valence-corrected chi connectivity index (χ4v) is 2.25. The number of rotatable bonds is 6. The first kappa shape index (κ1) is 18.8. The molecule has 8 nitrogen and oxygen atoms in total. The lowest BCUT2D eigenvalue weighted by molar-refractivity contribution is -0.138. The molecule has 128 valence electrons. The lowest BCUT2D eigenvalue weighted by atomic mass is 10.2. The van der Waals surface area contributed by atoms with Crippen molar-refractivity contribution in [1.29, 1.82) is 5.26 Å². The first-order valence-electron chi connectivity index (χ1n) is 7.66. The largest absolute Gasteiger partial charge is 0.450 e. The first-order chi connectivity index (χ1) is 11.0. The summed E-state index contributed by atoms with van der Waals surface area (Å²) in [4.78, 5) is 25.0. The van der Waals surface area contributed by atoms with E-state index in [4.69, 9.17) is 14.7 Å². The van der Waals surface area contributed by atoms with Crippen LogP contribution in [0.5, 0.6) is 0 Å². The smallest absolute Gasteiger partial charge is 0.407 e. The van der Waals surface area contributed by atoms with Crippen LogP contribution in [0.2, 0.25) is 0 Å². The third-order valence-corrected chi connectivity index (χ3v) is 3.12. The zero-order valence-corrected chi connectivity index (χ0v) is 13.8. The summed E-state index contributed by atoms with van der Waals surface area (Å²) in [6, 6.07) is 1.90. The molecule has 2 amide bonds. The molecular formula is C15H24N4O4. The number of hydrogen-bond donors (Lipinski definition) is 2. The molecule has 2 atom stereocenters. The molecule has 0 aromatic heterocycles. The van der Waals surface area contributed by atoms with Crippen LogP contribution in [0, 0.1) is 11.3 Å². The normalized spacial score (nSPS) is 21.3. The summed E-state index contributed by atoms with van der Waals surface area (Å²) < 4.78 is 10.3. The van der Waals surface area contributed by atoms with Gasteiger partial charge in [-0.15, -0.1) is 0 Å². The second-order valence-electron chi connectivity index (χ2n) is 5.24. The van der Waals surface area contributed by atoms with E-state index in [0.29, 0.717) is 32.8 Å². The van der Waals surface area contributed by atoms with E-state index in [-0.39, 0.29) is 23.7 Å². The number of carbonyl (C=O) groups is 2. The van der Waals surface area contributed by atoms with Crippen molar-refractivity contribution in [2.45, 2.75) is 33.0 Å². The second kappa shape index (κ2) is 9.69. The van der Waals surface area contributed by atoms with Crippen LogP contribution in [0.4, 0.5) is 4.79 Å². The van der Waals surface area contributed by atoms with E-state index in [9.17, 15) is 9.59 Å². The molecule has 0 aromatic rings. The Kier molecular flexibility index (Phi) is 7.91. The molecule has 1 saturated heterocycles. The van der Waals surface area contributed by atoms with Crippen molar-refractivity contribution in [1.82, 2.24) is 15.5 Å². The zero-order valence-electron chi connectivity index (χ0n) is 13.8. The fraction of sp³-hybridized carbons (Fsp3) is 0.667. The third kappa shape index (κ3) is 6.57. The quantitative estimate of drug-likeness (QED) is 0.415. The van der Waals surface area contributed by atoms with Crippen LogP contribution >= 0.6 is 0 Å². The van der Waals surface area contributed by atoms with Crippen molar-refractivity contribution >= 4 is 12.0 Å². The summed E-state index contributed by atoms with van der Waals surface area (Å²) in [6.07, 6.45) is 0.778. The number of carbonyl (C=O) groups excluding carboxylic acids is 2. The maximum Gasteiger partial charge on any atom is 0.407 e. The molecule has 0 radical (unpaired) electrons. The van der Waals surface area contributed by atoms with Crippen molar-refractivity contribution < 1.29 is 19.1 Å². The van der Waals surface area contributed by atoms with Crippen molar-refractivity contribution in [3.63, 3.8) is 0 Å². The van der Waals surface area contributed by atoms with E-state index in [1.807, 2.05) is 19.9 Å². The van der Waals surface area contributed by atoms with Crippen LogP contribution < -0.4 is 10.6 Å². The van der Waals surface area contributed by atoms with Gasteiger partial charge in [-0.25, -0.2) is 4.79 Å². The zero-order chi connectivity index (χ0) is 17.2. The second-order valence-corrected chi connectivity index (χ2v) is 5.24. The number of nitrogens with one attached hydrogen (secondary N) is 2. The van der Waals surface area contributed by atoms with Gasteiger partial charge in [0, 0.05) is 32.4 Å². The van der Waals surface area contributed by atoms with Gasteiger partial charge < -0.3 is 25.0 Å². The van der Waals surface area contributed by atoms with Crippen LogP contribution in [0.3, 0.4) is 0 Å². The molecular weight excluding hydrogens is 300 g/mol. The highest BCUT2D eigenvalue weighted by Gasteiger charge is 2.27. The molecule has 0 spiro atoms. The molecule has 23 heavy (non-hydrogen) atoms. The van der Waals surface area contributed by atoms with Gasteiger partial charge in [0.25, 0.3) is 5.91 Å². The standard InChI is InChI=1S/C15H24N4O4/c1-4-22-15(21)18-6-5-17-8-13(7-16)14(20)19-9-11(2)23-12(3)10-19/h8,11-12,17H,4-6,9-10H2,1-3H3,(H,18,21)/b13-8-. The molecule has 1 fully saturated rings. The molecule has 1 heterocycles. The topological polar surface area (TPSA) is 104 Å². The first-order valence-corrected chi connectivity index (χ1v) is 7.66. The minimum atomic E-state index is -0.494. The van der Waals surface area contributed by atoms with Gasteiger partial charge in [0.1, 0.15) is 11.6 Å². The summed E-state index contributed by atoms with van der Waals surface area (Å²) >= 11 is 0. The van der Waals surface area contributed by atoms with Crippen molar-refractivity contribution in [2.24, 2.45) is 0 Å². The molecule has 0 aromatic carbocycles. The predicted octanol–water partition coefficient (Wildman–Crippen LogP) is 0.365. The highest BCUT2D eigenvalue weighted by molar-refractivity contribution is 5.97. The van der Waals surface area contributed by atoms with Gasteiger partial charge in [0.05, 0.1) is 18.8 Å². The fourth-order valence-electron chi connectivity index (χ4n) is 2.25. The predicted molar refractivity (Wildman–Crippen MR) is 83.3 cm³/mol. The highest BCUT2D eigenvalue weighted by atomic mass is 16.5. The van der Waals surface area contributed by atoms with E-state index in [1.165, 1.54) is 6.20 Å². The third-order valence-electron chi connectivity index (χ3n) is 3.12. The average molecular weight is 324 g/mol. The van der Waals surface area contributed by atoms with Crippen molar-refractivity contribution in [3.8, 4) is 6.07 Å². The number of hydrogen-bond acceptors (Lipinski definition) is 6. The number of ether oxygens (including phenoxy) is 2. The van der Waals surface area contributed by atoms with Crippen molar-refractivity contribution in [3.05, 3.63) is 11.8 Å². The summed E-state index contributed by atoms with van der Waals surface area (Å²) in [5, 5.41) is 14.5. The van der Waals surface area contributed by atoms with Crippen molar-refractivity contribution in [2.75, 3.05) is 32.8 Å². The molecule has 1 aliphatic rings. The minimum Gasteiger partial charge on any atom is -0.450 e. The monoisotopic (exact) mass is 324 g/mol. The Labute approximate surface area is 136 Å². The number of morpholine rings is 1. The van der Waals surface area contributed by atoms with E-state index < -0.39 is 6.09 Å². The van der Waals surface area contributed by atoms with Crippen LogP contribution in [-0.2, 0) is 14.3 Å². The summed E-state index contributed by atoms with van der Waals surface area (Å²) in [5.74, 6) is -0.319. The Morgan fingerprint density at radius 2 is 2.00 bits per heavy atom. The molecule has 8 heteroatoms. The molecule has 2 N–H and O–H groups in total. The molecule has 1 aliphatic heterocycles. The van der Waals surface area contributed by atoms with Gasteiger partial charge in [0.2, 0.25) is 0 Å². The Balaban J connectivity index is 2.44. The summed E-state index contributed by atoms with van der Waals surface area (Å²) in [5.41, 5.74) is 0.0300. The maximum absolute atomic E-state index is 12.3. The maximum atomic E-state index is 12.3. The van der Waals surface area contributed by atoms with Crippen LogP contribution in [-0.4, -0.2) is 61.9 Å². The van der Waals surface area contributed by atoms with Gasteiger partial charge in [-0.3, -0.25) is 4.79 Å². The number of alkyl carbamates (subject to hydrolysis) is 1. The molecule has 1 rings (SSSR count). The minimum absolute atomic E-state index is 0.0300. The number of nitriles is 1. The molecule has 0 saturated carbocycles. The molecule has 2 unspecified atom stereocenters. The SMILES string of the molecule is CCOC(=O)NCCN/C=C(/C#N)C(=O)N1CC(C)OC(C)C1. The Morgan fingerprint density at radius 3 is 2.57 bits per heavy atom. The lowest BCUT2D eigenvalue weighted by Gasteiger charge is -2.35. The van der Waals surface area contributed by atoms with Gasteiger partial charge in [-0.2, -0.15) is 5.26 Å². The van der Waals surface area contributed by atoms with E-state index >= 15 is 0 Å². The van der Waals surface area contributed by atoms with Crippen LogP contribution in [0.25, 0.3) is 0 Å². The summed E-state index contributed by atoms with van der Waals surface area (Å²) in [7, 11) is 0. The van der Waals surface area contributed by atoms with Gasteiger partial charge in [-0.1, -0.05) is 0 Å². The van der Waals surface area contributed by atoms with Gasteiger partial charge in [0.15, 0.2) is 0 Å². The Hall–Kier alpha value is -2.27. The lowest BCUT2D eigenvalue weighted by Crippen LogP contribution is -2.48. The van der Waals surface area contributed by atoms with Gasteiger partial charge >= 0.3 is 6.09 Å². The van der Waals surface area contributed by atoms with Crippen LogP contribution in [0.1, 0.15) is 20.8 Å². The highest BCUT2D eigenvalue weighted by Crippen LogP contribution is 2.13. The number of amides is 2. The van der Waals surface area contributed by atoms with Crippen LogP contribution in [0.15, 0.2) is 11.8 Å². The number of nitrogens with zero attached hydrogens (tertiary/aromatic N) is 2. The Morgan fingerprint density at radius 1 is 1.35 bits per heavy atom.